The standard InChI is InChI=1S/C19H18ClNO2/c1-12-11-19(2,3)21-17-9-8-15(10-16(12)17)23-18(22)13-4-6-14(20)7-5-13/h4-11,21H,1-3H3. The SMILES string of the molecule is CC1=CC(C)(C)Nc2ccc(OC(=O)c3ccc(Cl)cc3)cc21. The van der Waals surface area contributed by atoms with Gasteiger partial charge in [-0.3, -0.25) is 0 Å². The molecular weight excluding hydrogens is 310 g/mol. The van der Waals surface area contributed by atoms with E-state index in [0.717, 1.165) is 16.8 Å². The number of hydrogen-bond acceptors (Lipinski definition) is 3. The predicted molar refractivity (Wildman–Crippen MR) is 94.2 cm³/mol. The van der Waals surface area contributed by atoms with Crippen LogP contribution >= 0.6 is 11.6 Å². The molecular formula is C19H18ClNO2. The highest BCUT2D eigenvalue weighted by Gasteiger charge is 2.23. The van der Waals surface area contributed by atoms with E-state index in [4.69, 9.17) is 16.3 Å². The van der Waals surface area contributed by atoms with E-state index in [1.165, 1.54) is 0 Å². The molecule has 4 heteroatoms. The number of allylic oxidation sites excluding steroid dienone is 1. The monoisotopic (exact) mass is 327 g/mol. The van der Waals surface area contributed by atoms with Gasteiger partial charge in [0.2, 0.25) is 0 Å². The van der Waals surface area contributed by atoms with Crippen LogP contribution in [0.4, 0.5) is 5.69 Å². The van der Waals surface area contributed by atoms with Gasteiger partial charge in [0.1, 0.15) is 5.75 Å². The van der Waals surface area contributed by atoms with Gasteiger partial charge < -0.3 is 10.1 Å². The largest absolute Gasteiger partial charge is 0.423 e. The fraction of sp³-hybridized carbons (Fsp3) is 0.211. The van der Waals surface area contributed by atoms with Gasteiger partial charge in [-0.25, -0.2) is 4.79 Å². The van der Waals surface area contributed by atoms with E-state index in [0.29, 0.717) is 16.3 Å². The summed E-state index contributed by atoms with van der Waals surface area (Å²) in [5.74, 6) is 0.130. The third kappa shape index (κ3) is 3.40. The van der Waals surface area contributed by atoms with Crippen molar-refractivity contribution in [1.82, 2.24) is 0 Å². The Labute approximate surface area is 140 Å². The van der Waals surface area contributed by atoms with Crippen molar-refractivity contribution < 1.29 is 9.53 Å². The Hall–Kier alpha value is -2.26. The highest BCUT2D eigenvalue weighted by Crippen LogP contribution is 2.35. The van der Waals surface area contributed by atoms with Crippen molar-refractivity contribution in [3.05, 3.63) is 64.7 Å². The maximum Gasteiger partial charge on any atom is 0.343 e. The van der Waals surface area contributed by atoms with E-state index in [9.17, 15) is 4.79 Å². The Morgan fingerprint density at radius 3 is 2.52 bits per heavy atom. The number of hydrogen-bond donors (Lipinski definition) is 1. The van der Waals surface area contributed by atoms with Crippen LogP contribution in [0.25, 0.3) is 5.57 Å². The molecule has 1 aliphatic heterocycles. The zero-order valence-electron chi connectivity index (χ0n) is 13.3. The molecule has 0 unspecified atom stereocenters. The van der Waals surface area contributed by atoms with Gasteiger partial charge in [-0.15, -0.1) is 0 Å². The van der Waals surface area contributed by atoms with Crippen LogP contribution < -0.4 is 10.1 Å². The number of nitrogens with one attached hydrogen (secondary N) is 1. The molecule has 0 spiro atoms. The lowest BCUT2D eigenvalue weighted by molar-refractivity contribution is 0.0735. The van der Waals surface area contributed by atoms with Crippen molar-refractivity contribution in [3.8, 4) is 5.75 Å². The Balaban J connectivity index is 1.84. The van der Waals surface area contributed by atoms with Crippen molar-refractivity contribution in [2.75, 3.05) is 5.32 Å². The van der Waals surface area contributed by atoms with Crippen molar-refractivity contribution in [2.45, 2.75) is 26.3 Å². The van der Waals surface area contributed by atoms with E-state index >= 15 is 0 Å². The van der Waals surface area contributed by atoms with Gasteiger partial charge >= 0.3 is 5.97 Å². The number of anilines is 1. The van der Waals surface area contributed by atoms with Crippen LogP contribution in [0.1, 0.15) is 36.7 Å². The summed E-state index contributed by atoms with van der Waals surface area (Å²) in [6.07, 6.45) is 2.17. The zero-order valence-corrected chi connectivity index (χ0v) is 14.1. The molecule has 2 aromatic carbocycles. The zero-order chi connectivity index (χ0) is 16.6. The molecule has 0 aliphatic carbocycles. The second kappa shape index (κ2) is 5.74. The molecule has 118 valence electrons. The summed E-state index contributed by atoms with van der Waals surface area (Å²) in [6, 6.07) is 12.3. The van der Waals surface area contributed by atoms with E-state index in [1.807, 2.05) is 12.1 Å². The fourth-order valence-corrected chi connectivity index (χ4v) is 2.90. The number of halogens is 1. The van der Waals surface area contributed by atoms with Crippen LogP contribution in [0.3, 0.4) is 0 Å². The molecule has 0 aromatic heterocycles. The first-order valence-electron chi connectivity index (χ1n) is 7.44. The van der Waals surface area contributed by atoms with Crippen molar-refractivity contribution >= 4 is 28.8 Å². The quantitative estimate of drug-likeness (QED) is 0.611. The van der Waals surface area contributed by atoms with Gasteiger partial charge in [0.15, 0.2) is 0 Å². The van der Waals surface area contributed by atoms with Crippen LogP contribution in [-0.4, -0.2) is 11.5 Å². The van der Waals surface area contributed by atoms with Crippen molar-refractivity contribution in [2.24, 2.45) is 0 Å². The van der Waals surface area contributed by atoms with Crippen LogP contribution in [0, 0.1) is 0 Å². The van der Waals surface area contributed by atoms with Gasteiger partial charge in [0, 0.05) is 16.3 Å². The average molecular weight is 328 g/mol. The number of carbonyl (C=O) groups excluding carboxylic acids is 1. The van der Waals surface area contributed by atoms with E-state index < -0.39 is 5.97 Å². The Bertz CT molecular complexity index is 792. The molecule has 0 fully saturated rings. The summed E-state index contributed by atoms with van der Waals surface area (Å²) in [5.41, 5.74) is 3.64. The summed E-state index contributed by atoms with van der Waals surface area (Å²) < 4.78 is 5.47. The third-order valence-electron chi connectivity index (χ3n) is 3.74. The van der Waals surface area contributed by atoms with Gasteiger partial charge in [-0.1, -0.05) is 17.7 Å². The molecule has 0 radical (unpaired) electrons. The lowest BCUT2D eigenvalue weighted by Gasteiger charge is -2.31. The Morgan fingerprint density at radius 2 is 1.83 bits per heavy atom. The van der Waals surface area contributed by atoms with E-state index in [1.54, 1.807) is 30.3 Å². The predicted octanol–water partition coefficient (Wildman–Crippen LogP) is 5.17. The van der Waals surface area contributed by atoms with Gasteiger partial charge in [-0.2, -0.15) is 0 Å². The second-order valence-corrected chi connectivity index (χ2v) is 6.71. The number of carbonyl (C=O) groups is 1. The smallest absolute Gasteiger partial charge is 0.343 e. The van der Waals surface area contributed by atoms with Gasteiger partial charge in [-0.05, 0) is 68.8 Å². The molecule has 3 rings (SSSR count). The van der Waals surface area contributed by atoms with Crippen LogP contribution in [0.5, 0.6) is 5.75 Å². The molecule has 1 aliphatic rings. The minimum Gasteiger partial charge on any atom is -0.423 e. The van der Waals surface area contributed by atoms with Crippen molar-refractivity contribution in [3.63, 3.8) is 0 Å². The maximum absolute atomic E-state index is 12.2. The molecule has 0 atom stereocenters. The molecule has 0 saturated carbocycles. The topological polar surface area (TPSA) is 38.3 Å². The molecule has 23 heavy (non-hydrogen) atoms. The van der Waals surface area contributed by atoms with Crippen LogP contribution in [0.15, 0.2) is 48.5 Å². The lowest BCUT2D eigenvalue weighted by atomic mass is 9.91. The summed E-state index contributed by atoms with van der Waals surface area (Å²) in [4.78, 5) is 12.2. The Kier molecular flexibility index (Phi) is 3.90. The summed E-state index contributed by atoms with van der Waals surface area (Å²) in [7, 11) is 0. The molecule has 1 heterocycles. The number of fused-ring (bicyclic) bond motifs is 1. The fourth-order valence-electron chi connectivity index (χ4n) is 2.78. The minimum atomic E-state index is -0.396. The normalized spacial score (nSPS) is 15.2. The minimum absolute atomic E-state index is 0.0847. The molecule has 0 bridgehead atoms. The third-order valence-corrected chi connectivity index (χ3v) is 3.99. The first kappa shape index (κ1) is 15.6. The molecule has 0 saturated heterocycles. The van der Waals surface area contributed by atoms with Crippen LogP contribution in [0.2, 0.25) is 5.02 Å². The van der Waals surface area contributed by atoms with Crippen LogP contribution in [-0.2, 0) is 0 Å². The van der Waals surface area contributed by atoms with Gasteiger partial charge in [0.05, 0.1) is 11.1 Å². The Morgan fingerprint density at radius 1 is 1.13 bits per heavy atom. The highest BCUT2D eigenvalue weighted by molar-refractivity contribution is 6.30. The second-order valence-electron chi connectivity index (χ2n) is 6.28. The number of benzene rings is 2. The number of rotatable bonds is 2. The number of esters is 1. The van der Waals surface area contributed by atoms with E-state index in [2.05, 4.69) is 32.2 Å². The van der Waals surface area contributed by atoms with Crippen molar-refractivity contribution in [1.29, 1.82) is 0 Å². The average Bonchev–Trinajstić information content (AvgIpc) is 2.47. The van der Waals surface area contributed by atoms with Gasteiger partial charge in [0.25, 0.3) is 0 Å². The number of ether oxygens (including phenoxy) is 1. The lowest BCUT2D eigenvalue weighted by Crippen LogP contribution is -2.31. The molecule has 0 amide bonds. The maximum atomic E-state index is 12.2. The molecule has 2 aromatic rings. The summed E-state index contributed by atoms with van der Waals surface area (Å²) >= 11 is 5.83. The summed E-state index contributed by atoms with van der Waals surface area (Å²) in [6.45, 7) is 6.30. The molecule has 3 nitrogen and oxygen atoms in total. The highest BCUT2D eigenvalue weighted by atomic mass is 35.5. The summed E-state index contributed by atoms with van der Waals surface area (Å²) in [5, 5.41) is 4.04. The first-order valence-corrected chi connectivity index (χ1v) is 7.82. The molecule has 1 N–H and O–H groups in total. The first-order chi connectivity index (χ1) is 10.8. The van der Waals surface area contributed by atoms with E-state index in [-0.39, 0.29) is 5.54 Å².